The molecule has 1 amide bonds. The molecule has 7 nitrogen and oxygen atoms in total. The average Bonchev–Trinajstić information content (AvgIpc) is 3.04. The molecule has 0 aromatic heterocycles. The molecule has 2 atom stereocenters. The van der Waals surface area contributed by atoms with Gasteiger partial charge in [0.1, 0.15) is 0 Å². The molecule has 1 saturated heterocycles. The highest BCUT2D eigenvalue weighted by Crippen LogP contribution is 2.24. The van der Waals surface area contributed by atoms with Crippen molar-refractivity contribution in [1.29, 1.82) is 0 Å². The zero-order valence-corrected chi connectivity index (χ0v) is 16.6. The molecule has 1 aromatic carbocycles. The molecule has 1 aliphatic rings. The van der Waals surface area contributed by atoms with E-state index in [-0.39, 0.29) is 23.7 Å². The van der Waals surface area contributed by atoms with Gasteiger partial charge in [0.2, 0.25) is 5.91 Å². The smallest absolute Gasteiger partial charge is 0.310 e. The second-order valence-corrected chi connectivity index (χ2v) is 6.91. The summed E-state index contributed by atoms with van der Waals surface area (Å²) in [7, 11) is 3.17. The Morgan fingerprint density at radius 3 is 2.56 bits per heavy atom. The highest BCUT2D eigenvalue weighted by atomic mass is 16.5. The third-order valence-corrected chi connectivity index (χ3v) is 4.79. The lowest BCUT2D eigenvalue weighted by Crippen LogP contribution is -2.40. The molecule has 0 radical (unpaired) electrons. The van der Waals surface area contributed by atoms with Crippen molar-refractivity contribution in [3.05, 3.63) is 29.8 Å². The van der Waals surface area contributed by atoms with Crippen LogP contribution in [-0.4, -0.2) is 50.0 Å². The van der Waals surface area contributed by atoms with Crippen molar-refractivity contribution in [2.24, 2.45) is 16.8 Å². The second kappa shape index (κ2) is 9.94. The van der Waals surface area contributed by atoms with Crippen molar-refractivity contribution in [3.8, 4) is 0 Å². The number of rotatable bonds is 6. The standard InChI is InChI=1S/C20H30N4O3/c1-5-6-18(25)23-16-9-7-15(8-10-16)11-22-20(21-3)24-12-14(2)17(13-24)19(26)27-4/h7-10,14,17H,5-6,11-13H2,1-4H3,(H,21,22)(H,23,25). The number of likely N-dealkylation sites (tertiary alicyclic amines) is 1. The van der Waals surface area contributed by atoms with Crippen molar-refractivity contribution in [3.63, 3.8) is 0 Å². The first-order valence-electron chi connectivity index (χ1n) is 9.40. The zero-order chi connectivity index (χ0) is 19.8. The topological polar surface area (TPSA) is 83.0 Å². The molecule has 2 N–H and O–H groups in total. The molecule has 148 valence electrons. The van der Waals surface area contributed by atoms with Crippen LogP contribution in [0.15, 0.2) is 29.3 Å². The molecule has 27 heavy (non-hydrogen) atoms. The van der Waals surface area contributed by atoms with Crippen LogP contribution in [-0.2, 0) is 20.9 Å². The summed E-state index contributed by atoms with van der Waals surface area (Å²) in [6.07, 6.45) is 1.36. The molecular formula is C20H30N4O3. The molecule has 0 spiro atoms. The van der Waals surface area contributed by atoms with E-state index in [0.717, 1.165) is 30.2 Å². The Labute approximate surface area is 161 Å². The van der Waals surface area contributed by atoms with Crippen molar-refractivity contribution >= 4 is 23.5 Å². The maximum absolute atomic E-state index is 11.9. The van der Waals surface area contributed by atoms with E-state index in [2.05, 4.69) is 27.4 Å². The number of guanidine groups is 1. The minimum absolute atomic E-state index is 0.0343. The number of aliphatic imine (C=N–C) groups is 1. The number of ether oxygens (including phenoxy) is 1. The molecule has 1 aliphatic heterocycles. The summed E-state index contributed by atoms with van der Waals surface area (Å²) in [5, 5.41) is 6.22. The number of nitrogens with one attached hydrogen (secondary N) is 2. The van der Waals surface area contributed by atoms with Gasteiger partial charge in [0, 0.05) is 38.8 Å². The second-order valence-electron chi connectivity index (χ2n) is 6.91. The quantitative estimate of drug-likeness (QED) is 0.453. The summed E-state index contributed by atoms with van der Waals surface area (Å²) in [4.78, 5) is 29.9. The fourth-order valence-corrected chi connectivity index (χ4v) is 3.27. The summed E-state index contributed by atoms with van der Waals surface area (Å²) in [6, 6.07) is 7.76. The van der Waals surface area contributed by atoms with Crippen LogP contribution in [0.4, 0.5) is 5.69 Å². The number of carbonyl (C=O) groups is 2. The first-order valence-corrected chi connectivity index (χ1v) is 9.40. The number of hydrogen-bond acceptors (Lipinski definition) is 4. The van der Waals surface area contributed by atoms with Gasteiger partial charge in [-0.15, -0.1) is 0 Å². The van der Waals surface area contributed by atoms with Gasteiger partial charge in [0.25, 0.3) is 0 Å². The maximum Gasteiger partial charge on any atom is 0.310 e. The van der Waals surface area contributed by atoms with Gasteiger partial charge in [-0.05, 0) is 30.0 Å². The number of methoxy groups -OCH3 is 1. The molecule has 0 saturated carbocycles. The van der Waals surface area contributed by atoms with Crippen LogP contribution in [0.3, 0.4) is 0 Å². The Hall–Kier alpha value is -2.57. The molecule has 1 fully saturated rings. The Balaban J connectivity index is 1.89. The summed E-state index contributed by atoms with van der Waals surface area (Å²) in [5.74, 6) is 0.739. The number of amides is 1. The summed E-state index contributed by atoms with van der Waals surface area (Å²) >= 11 is 0. The van der Waals surface area contributed by atoms with E-state index in [4.69, 9.17) is 4.74 Å². The predicted molar refractivity (Wildman–Crippen MR) is 106 cm³/mol. The fraction of sp³-hybridized carbons (Fsp3) is 0.550. The maximum atomic E-state index is 11.9. The van der Waals surface area contributed by atoms with Gasteiger partial charge in [-0.25, -0.2) is 0 Å². The van der Waals surface area contributed by atoms with Gasteiger partial charge >= 0.3 is 5.97 Å². The number of nitrogens with zero attached hydrogens (tertiary/aromatic N) is 2. The number of esters is 1. The van der Waals surface area contributed by atoms with Gasteiger partial charge in [-0.1, -0.05) is 26.0 Å². The molecule has 0 bridgehead atoms. The largest absolute Gasteiger partial charge is 0.469 e. The van der Waals surface area contributed by atoms with Gasteiger partial charge in [-0.2, -0.15) is 0 Å². The van der Waals surface area contributed by atoms with Crippen molar-refractivity contribution in [2.75, 3.05) is 32.6 Å². The highest BCUT2D eigenvalue weighted by Gasteiger charge is 2.36. The fourth-order valence-electron chi connectivity index (χ4n) is 3.27. The number of hydrogen-bond donors (Lipinski definition) is 2. The van der Waals surface area contributed by atoms with E-state index < -0.39 is 0 Å². The van der Waals surface area contributed by atoms with E-state index in [1.807, 2.05) is 31.2 Å². The third-order valence-electron chi connectivity index (χ3n) is 4.79. The predicted octanol–water partition coefficient (Wildman–Crippen LogP) is 2.24. The van der Waals surface area contributed by atoms with E-state index >= 15 is 0 Å². The number of carbonyl (C=O) groups excluding carboxylic acids is 2. The van der Waals surface area contributed by atoms with Crippen LogP contribution >= 0.6 is 0 Å². The van der Waals surface area contributed by atoms with Crippen LogP contribution in [0.5, 0.6) is 0 Å². The molecule has 1 aromatic rings. The Morgan fingerprint density at radius 2 is 1.96 bits per heavy atom. The number of anilines is 1. The minimum Gasteiger partial charge on any atom is -0.469 e. The molecule has 2 unspecified atom stereocenters. The van der Waals surface area contributed by atoms with E-state index in [0.29, 0.717) is 19.5 Å². The van der Waals surface area contributed by atoms with Gasteiger partial charge in [0.15, 0.2) is 5.96 Å². The van der Waals surface area contributed by atoms with Crippen molar-refractivity contribution < 1.29 is 14.3 Å². The van der Waals surface area contributed by atoms with Crippen LogP contribution in [0.2, 0.25) is 0 Å². The lowest BCUT2D eigenvalue weighted by Gasteiger charge is -2.21. The average molecular weight is 374 g/mol. The van der Waals surface area contributed by atoms with Crippen molar-refractivity contribution in [1.82, 2.24) is 10.2 Å². The van der Waals surface area contributed by atoms with Crippen LogP contribution in [0.1, 0.15) is 32.3 Å². The van der Waals surface area contributed by atoms with E-state index in [1.165, 1.54) is 7.11 Å². The summed E-state index contributed by atoms with van der Waals surface area (Å²) in [5.41, 5.74) is 1.89. The first kappa shape index (κ1) is 20.7. The monoisotopic (exact) mass is 374 g/mol. The molecule has 0 aliphatic carbocycles. The zero-order valence-electron chi connectivity index (χ0n) is 16.6. The van der Waals surface area contributed by atoms with Crippen molar-refractivity contribution in [2.45, 2.75) is 33.2 Å². The molecule has 2 rings (SSSR count). The van der Waals surface area contributed by atoms with Crippen LogP contribution in [0.25, 0.3) is 0 Å². The minimum atomic E-state index is -0.166. The normalized spacial score (nSPS) is 19.7. The number of benzene rings is 1. The Bertz CT molecular complexity index is 672. The Morgan fingerprint density at radius 1 is 1.26 bits per heavy atom. The van der Waals surface area contributed by atoms with Gasteiger partial charge in [-0.3, -0.25) is 14.6 Å². The lowest BCUT2D eigenvalue weighted by atomic mass is 9.99. The molecule has 7 heteroatoms. The van der Waals surface area contributed by atoms with E-state index in [9.17, 15) is 9.59 Å². The van der Waals surface area contributed by atoms with Gasteiger partial charge in [0.05, 0.1) is 13.0 Å². The van der Waals surface area contributed by atoms with E-state index in [1.54, 1.807) is 7.05 Å². The summed E-state index contributed by atoms with van der Waals surface area (Å²) in [6.45, 7) is 6.03. The highest BCUT2D eigenvalue weighted by molar-refractivity contribution is 5.90. The Kier molecular flexibility index (Phi) is 7.64. The summed E-state index contributed by atoms with van der Waals surface area (Å²) < 4.78 is 4.89. The lowest BCUT2D eigenvalue weighted by molar-refractivity contribution is -0.146. The first-order chi connectivity index (χ1) is 13.0. The van der Waals surface area contributed by atoms with Crippen LogP contribution in [0, 0.1) is 11.8 Å². The van der Waals surface area contributed by atoms with Crippen LogP contribution < -0.4 is 10.6 Å². The third kappa shape index (κ3) is 5.70. The van der Waals surface area contributed by atoms with Gasteiger partial charge < -0.3 is 20.3 Å². The SMILES string of the molecule is CCCC(=O)Nc1ccc(CNC(=NC)N2CC(C)C(C(=O)OC)C2)cc1. The molecule has 1 heterocycles. The molecular weight excluding hydrogens is 344 g/mol.